The molecule has 0 spiro atoms. The van der Waals surface area contributed by atoms with Crippen molar-refractivity contribution in [3.63, 3.8) is 0 Å². The molecule has 0 N–H and O–H groups in total. The van der Waals surface area contributed by atoms with Gasteiger partial charge in [-0.15, -0.1) is 0 Å². The number of hydrogen-bond acceptors (Lipinski definition) is 9. The van der Waals surface area contributed by atoms with E-state index in [1.807, 2.05) is 6.07 Å². The maximum absolute atomic E-state index is 13.1. The van der Waals surface area contributed by atoms with Crippen LogP contribution in [0.3, 0.4) is 0 Å². The lowest BCUT2D eigenvalue weighted by Gasteiger charge is -2.30. The van der Waals surface area contributed by atoms with Gasteiger partial charge in [0.05, 0.1) is 36.2 Å². The number of esters is 1. The molecule has 0 atom stereocenters. The Hall–Kier alpha value is -3.97. The third-order valence-corrected chi connectivity index (χ3v) is 7.16. The molecule has 1 aliphatic rings. The van der Waals surface area contributed by atoms with E-state index in [1.165, 1.54) is 30.2 Å². The fourth-order valence-corrected chi connectivity index (χ4v) is 4.92. The van der Waals surface area contributed by atoms with Gasteiger partial charge in [-0.05, 0) is 44.5 Å². The Morgan fingerprint density at radius 2 is 1.59 bits per heavy atom. The summed E-state index contributed by atoms with van der Waals surface area (Å²) in [7, 11) is -2.39. The first-order valence-electron chi connectivity index (χ1n) is 12.9. The minimum absolute atomic E-state index is 0.0129. The first-order valence-corrected chi connectivity index (χ1v) is 14.7. The van der Waals surface area contributed by atoms with Crippen LogP contribution in [0.4, 0.5) is 10.5 Å². The molecule has 3 amide bonds. The predicted molar refractivity (Wildman–Crippen MR) is 150 cm³/mol. The average molecular weight is 590 g/mol. The highest BCUT2D eigenvalue weighted by atomic mass is 32.2. The lowest BCUT2D eigenvalue weighted by molar-refractivity contribution is -0.145. The summed E-state index contributed by atoms with van der Waals surface area (Å²) in [5, 5.41) is 0. The Morgan fingerprint density at radius 3 is 2.20 bits per heavy atom. The Bertz CT molecular complexity index is 1390. The van der Waals surface area contributed by atoms with Gasteiger partial charge in [-0.3, -0.25) is 23.6 Å². The van der Waals surface area contributed by atoms with Gasteiger partial charge in [0.15, 0.2) is 0 Å². The molecule has 0 aromatic heterocycles. The van der Waals surface area contributed by atoms with Crippen LogP contribution in [-0.2, 0) is 35.6 Å². The summed E-state index contributed by atoms with van der Waals surface area (Å²) in [4.78, 5) is 53.2. The fourth-order valence-electron chi connectivity index (χ4n) is 4.01. The van der Waals surface area contributed by atoms with Crippen LogP contribution < -0.4 is 4.31 Å². The first kappa shape index (κ1) is 31.6. The number of hydrogen-bond donors (Lipinski definition) is 0. The normalized spacial score (nSPS) is 13.1. The quantitative estimate of drug-likeness (QED) is 0.270. The van der Waals surface area contributed by atoms with Gasteiger partial charge in [-0.25, -0.2) is 13.2 Å². The molecular weight excluding hydrogens is 554 g/mol. The van der Waals surface area contributed by atoms with Gasteiger partial charge in [-0.1, -0.05) is 30.3 Å². The second kappa shape index (κ2) is 13.1. The molecule has 0 saturated heterocycles. The number of rotatable bonds is 12. The van der Waals surface area contributed by atoms with Crippen LogP contribution in [0.2, 0.25) is 0 Å². The third-order valence-electron chi connectivity index (χ3n) is 5.96. The summed E-state index contributed by atoms with van der Waals surface area (Å²) < 4.78 is 42.2. The van der Waals surface area contributed by atoms with Crippen LogP contribution in [0.25, 0.3) is 0 Å². The summed E-state index contributed by atoms with van der Waals surface area (Å²) >= 11 is 0. The molecule has 1 aliphatic heterocycles. The van der Waals surface area contributed by atoms with Crippen molar-refractivity contribution in [3.8, 4) is 0 Å². The number of carbonyl (C=O) groups excluding carboxylic acids is 4. The average Bonchev–Trinajstić information content (AvgIpc) is 3.12. The highest BCUT2D eigenvalue weighted by molar-refractivity contribution is 7.92. The zero-order valence-electron chi connectivity index (χ0n) is 23.8. The van der Waals surface area contributed by atoms with Crippen LogP contribution >= 0.6 is 0 Å². The molecule has 3 rings (SSSR count). The van der Waals surface area contributed by atoms with Crippen molar-refractivity contribution in [3.05, 3.63) is 65.2 Å². The molecule has 0 radical (unpaired) electrons. The minimum atomic E-state index is -3.87. The number of carbonyl (C=O) groups is 4. The summed E-state index contributed by atoms with van der Waals surface area (Å²) in [6.45, 7) is 4.74. The third kappa shape index (κ3) is 8.51. The highest BCUT2D eigenvalue weighted by Gasteiger charge is 2.38. The number of ether oxygens (including phenoxy) is 3. The molecule has 0 bridgehead atoms. The molecule has 1 heterocycles. The van der Waals surface area contributed by atoms with Crippen molar-refractivity contribution in [2.45, 2.75) is 33.0 Å². The van der Waals surface area contributed by atoms with E-state index in [-0.39, 0.29) is 49.7 Å². The van der Waals surface area contributed by atoms with E-state index >= 15 is 0 Å². The van der Waals surface area contributed by atoms with Crippen molar-refractivity contribution < 1.29 is 41.8 Å². The number of anilines is 1. The molecule has 0 fully saturated rings. The lowest BCUT2D eigenvalue weighted by Crippen LogP contribution is -2.44. The van der Waals surface area contributed by atoms with Gasteiger partial charge >= 0.3 is 12.1 Å². The van der Waals surface area contributed by atoms with E-state index in [1.54, 1.807) is 45.0 Å². The van der Waals surface area contributed by atoms with Crippen LogP contribution in [0.5, 0.6) is 0 Å². The molecule has 2 aromatic carbocycles. The lowest BCUT2D eigenvalue weighted by atomic mass is 10.1. The van der Waals surface area contributed by atoms with E-state index in [9.17, 15) is 27.6 Å². The molecule has 41 heavy (non-hydrogen) atoms. The van der Waals surface area contributed by atoms with E-state index in [4.69, 9.17) is 14.2 Å². The molecule has 13 heteroatoms. The number of methoxy groups -OCH3 is 1. The molecular formula is C28H35N3O9S. The topological polar surface area (TPSA) is 140 Å². The van der Waals surface area contributed by atoms with Gasteiger partial charge in [-0.2, -0.15) is 0 Å². The van der Waals surface area contributed by atoms with E-state index in [0.717, 1.165) is 21.0 Å². The zero-order valence-corrected chi connectivity index (χ0v) is 24.6. The SMILES string of the molecule is COCCN(CCN(c1ccc2c(c1)C(=O)N(CC(=O)OCc1ccccc1)C2=O)S(C)(=O)=O)C(=O)OC(C)(C)C. The largest absolute Gasteiger partial charge is 0.459 e. The second-order valence-corrected chi connectivity index (χ2v) is 12.3. The Labute approximate surface area is 239 Å². The Morgan fingerprint density at radius 1 is 0.927 bits per heavy atom. The zero-order chi connectivity index (χ0) is 30.4. The molecule has 0 aliphatic carbocycles. The number of nitrogens with zero attached hydrogens (tertiary/aromatic N) is 3. The summed E-state index contributed by atoms with van der Waals surface area (Å²) in [6, 6.07) is 13.0. The van der Waals surface area contributed by atoms with Gasteiger partial charge in [0.25, 0.3) is 11.8 Å². The van der Waals surface area contributed by atoms with Crippen molar-refractivity contribution in [1.29, 1.82) is 0 Å². The maximum Gasteiger partial charge on any atom is 0.410 e. The fraction of sp³-hybridized carbons (Fsp3) is 0.429. The Balaban J connectivity index is 1.76. The molecule has 12 nitrogen and oxygen atoms in total. The van der Waals surface area contributed by atoms with Crippen LogP contribution in [0.15, 0.2) is 48.5 Å². The van der Waals surface area contributed by atoms with Crippen molar-refractivity contribution in [2.24, 2.45) is 0 Å². The molecule has 2 aromatic rings. The van der Waals surface area contributed by atoms with Crippen molar-refractivity contribution in [2.75, 3.05) is 50.5 Å². The monoisotopic (exact) mass is 589 g/mol. The van der Waals surface area contributed by atoms with Gasteiger partial charge in [0.1, 0.15) is 18.8 Å². The molecule has 0 saturated carbocycles. The predicted octanol–water partition coefficient (Wildman–Crippen LogP) is 2.68. The second-order valence-electron chi connectivity index (χ2n) is 10.4. The smallest absolute Gasteiger partial charge is 0.410 e. The number of benzene rings is 2. The minimum Gasteiger partial charge on any atom is -0.459 e. The van der Waals surface area contributed by atoms with E-state index < -0.39 is 46.0 Å². The van der Waals surface area contributed by atoms with Crippen LogP contribution in [-0.4, -0.2) is 93.8 Å². The molecule has 222 valence electrons. The molecule has 0 unspecified atom stereocenters. The first-order chi connectivity index (χ1) is 19.2. The van der Waals surface area contributed by atoms with Gasteiger partial charge in [0.2, 0.25) is 10.0 Å². The number of amides is 3. The number of fused-ring (bicyclic) bond motifs is 1. The van der Waals surface area contributed by atoms with Gasteiger partial charge < -0.3 is 19.1 Å². The highest BCUT2D eigenvalue weighted by Crippen LogP contribution is 2.29. The Kier molecular flexibility index (Phi) is 10.1. The van der Waals surface area contributed by atoms with Gasteiger partial charge in [0, 0.05) is 20.2 Å². The number of sulfonamides is 1. The standard InChI is InChI=1S/C28H35N3O9S/c1-28(2,3)40-27(35)29(15-16-38-4)13-14-31(41(5,36)37)21-11-12-22-23(17-21)26(34)30(25(22)33)18-24(32)39-19-20-9-7-6-8-10-20/h6-12,17H,13-16,18-19H2,1-5H3. The van der Waals surface area contributed by atoms with Crippen molar-refractivity contribution >= 4 is 39.6 Å². The summed E-state index contributed by atoms with van der Waals surface area (Å²) in [6.07, 6.45) is 0.363. The van der Waals surface area contributed by atoms with E-state index in [0.29, 0.717) is 0 Å². The maximum atomic E-state index is 13.1. The van der Waals surface area contributed by atoms with E-state index in [2.05, 4.69) is 0 Å². The van der Waals surface area contributed by atoms with Crippen LogP contribution in [0, 0.1) is 0 Å². The van der Waals surface area contributed by atoms with Crippen LogP contribution in [0.1, 0.15) is 47.1 Å². The summed E-state index contributed by atoms with van der Waals surface area (Å²) in [5.74, 6) is -2.19. The number of imide groups is 1. The summed E-state index contributed by atoms with van der Waals surface area (Å²) in [5.41, 5.74) is 0.114. The van der Waals surface area contributed by atoms with Crippen molar-refractivity contribution in [1.82, 2.24) is 9.80 Å².